The van der Waals surface area contributed by atoms with Crippen LogP contribution in [-0.4, -0.2) is 27.9 Å². The fraction of sp³-hybridized carbons (Fsp3) is 0.125. The molecule has 8 nitrogen and oxygen atoms in total. The standard InChI is InChI=1S/C16H14N6O2/c17-9-13-1-3-14(4-2-13)10-20-11-18-21(12-20)19-15-5-7-16(8-6-15)22(23)24/h1-8,11,19H,10,12H2. The monoisotopic (exact) mass is 322 g/mol. The second kappa shape index (κ2) is 6.66. The highest BCUT2D eigenvalue weighted by Crippen LogP contribution is 2.17. The number of hydrazone groups is 1. The number of nitrogens with one attached hydrogen (secondary N) is 1. The van der Waals surface area contributed by atoms with Gasteiger partial charge in [0.25, 0.3) is 5.69 Å². The van der Waals surface area contributed by atoms with E-state index in [0.717, 1.165) is 11.3 Å². The first-order valence-corrected chi connectivity index (χ1v) is 7.20. The van der Waals surface area contributed by atoms with Crippen molar-refractivity contribution in [3.05, 3.63) is 69.8 Å². The van der Waals surface area contributed by atoms with E-state index >= 15 is 0 Å². The first kappa shape index (κ1) is 15.3. The maximum atomic E-state index is 10.6. The number of hydrazine groups is 1. The molecule has 0 atom stereocenters. The van der Waals surface area contributed by atoms with Crippen molar-refractivity contribution in [2.45, 2.75) is 6.54 Å². The van der Waals surface area contributed by atoms with Crippen molar-refractivity contribution in [3.8, 4) is 6.07 Å². The molecule has 2 aromatic rings. The Kier molecular flexibility index (Phi) is 4.25. The van der Waals surface area contributed by atoms with Crippen LogP contribution in [0.3, 0.4) is 0 Å². The molecule has 0 spiro atoms. The molecule has 0 amide bonds. The van der Waals surface area contributed by atoms with E-state index in [9.17, 15) is 10.1 Å². The molecule has 0 fully saturated rings. The normalized spacial score (nSPS) is 13.0. The summed E-state index contributed by atoms with van der Waals surface area (Å²) in [5, 5.41) is 25.3. The van der Waals surface area contributed by atoms with Crippen LogP contribution in [0.2, 0.25) is 0 Å². The minimum absolute atomic E-state index is 0.0490. The third-order valence-corrected chi connectivity index (χ3v) is 3.47. The van der Waals surface area contributed by atoms with Gasteiger partial charge in [0.2, 0.25) is 0 Å². The van der Waals surface area contributed by atoms with Crippen molar-refractivity contribution in [1.82, 2.24) is 10.0 Å². The van der Waals surface area contributed by atoms with Crippen LogP contribution >= 0.6 is 0 Å². The summed E-state index contributed by atoms with van der Waals surface area (Å²) in [6.45, 7) is 1.21. The van der Waals surface area contributed by atoms with Gasteiger partial charge in [0, 0.05) is 18.7 Å². The second-order valence-electron chi connectivity index (χ2n) is 5.24. The van der Waals surface area contributed by atoms with Gasteiger partial charge in [-0.3, -0.25) is 15.5 Å². The zero-order valence-corrected chi connectivity index (χ0v) is 12.7. The molecule has 120 valence electrons. The molecule has 1 heterocycles. The van der Waals surface area contributed by atoms with Gasteiger partial charge in [-0.1, -0.05) is 12.1 Å². The number of nitro benzene ring substituents is 1. The van der Waals surface area contributed by atoms with Crippen molar-refractivity contribution in [2.75, 3.05) is 12.1 Å². The van der Waals surface area contributed by atoms with Crippen LogP contribution in [0.5, 0.6) is 0 Å². The lowest BCUT2D eigenvalue weighted by molar-refractivity contribution is -0.384. The summed E-state index contributed by atoms with van der Waals surface area (Å²) < 4.78 is 0. The second-order valence-corrected chi connectivity index (χ2v) is 5.24. The molecule has 8 heteroatoms. The minimum atomic E-state index is -0.433. The SMILES string of the molecule is N#Cc1ccc(CN2C=NN(Nc3ccc([N+](=O)[O-])cc3)C2)cc1. The molecule has 1 aliphatic heterocycles. The number of nitrogens with zero attached hydrogens (tertiary/aromatic N) is 5. The lowest BCUT2D eigenvalue weighted by Gasteiger charge is -2.20. The highest BCUT2D eigenvalue weighted by molar-refractivity contribution is 5.57. The van der Waals surface area contributed by atoms with Gasteiger partial charge in [-0.05, 0) is 29.8 Å². The van der Waals surface area contributed by atoms with E-state index in [1.165, 1.54) is 12.1 Å². The van der Waals surface area contributed by atoms with Crippen molar-refractivity contribution in [1.29, 1.82) is 5.26 Å². The zero-order chi connectivity index (χ0) is 16.9. The third kappa shape index (κ3) is 3.59. The van der Waals surface area contributed by atoms with E-state index in [1.54, 1.807) is 35.7 Å². The van der Waals surface area contributed by atoms with Gasteiger partial charge < -0.3 is 4.90 Å². The predicted molar refractivity (Wildman–Crippen MR) is 88.6 cm³/mol. The molecule has 0 radical (unpaired) electrons. The molecular weight excluding hydrogens is 308 g/mol. The van der Waals surface area contributed by atoms with Gasteiger partial charge >= 0.3 is 0 Å². The molecule has 2 aromatic carbocycles. The Morgan fingerprint density at radius 1 is 1.21 bits per heavy atom. The number of nitriles is 1. The van der Waals surface area contributed by atoms with E-state index in [-0.39, 0.29) is 5.69 Å². The Hall–Kier alpha value is -3.60. The molecule has 1 N–H and O–H groups in total. The Bertz CT molecular complexity index is 795. The van der Waals surface area contributed by atoms with Gasteiger partial charge in [0.05, 0.1) is 22.2 Å². The molecule has 0 saturated heterocycles. The number of anilines is 1. The summed E-state index contributed by atoms with van der Waals surface area (Å²) in [5.74, 6) is 0. The van der Waals surface area contributed by atoms with Crippen molar-refractivity contribution in [3.63, 3.8) is 0 Å². The number of hydrogen-bond acceptors (Lipinski definition) is 7. The van der Waals surface area contributed by atoms with Gasteiger partial charge in [0.1, 0.15) is 13.0 Å². The predicted octanol–water partition coefficient (Wildman–Crippen LogP) is 2.51. The van der Waals surface area contributed by atoms with Gasteiger partial charge in [-0.25, -0.2) is 0 Å². The topological polar surface area (TPSA) is 97.8 Å². The highest BCUT2D eigenvalue weighted by Gasteiger charge is 2.14. The summed E-state index contributed by atoms with van der Waals surface area (Å²) in [7, 11) is 0. The number of nitro groups is 1. The van der Waals surface area contributed by atoms with Crippen LogP contribution in [0.1, 0.15) is 11.1 Å². The van der Waals surface area contributed by atoms with Crippen LogP contribution in [0.15, 0.2) is 53.6 Å². The highest BCUT2D eigenvalue weighted by atomic mass is 16.6. The van der Waals surface area contributed by atoms with Crippen LogP contribution in [0.25, 0.3) is 0 Å². The molecular formula is C16H14N6O2. The van der Waals surface area contributed by atoms with E-state index in [4.69, 9.17) is 5.26 Å². The average Bonchev–Trinajstić information content (AvgIpc) is 3.03. The van der Waals surface area contributed by atoms with Crippen molar-refractivity contribution >= 4 is 17.7 Å². The minimum Gasteiger partial charge on any atom is -0.336 e. The summed E-state index contributed by atoms with van der Waals surface area (Å²) >= 11 is 0. The average molecular weight is 322 g/mol. The van der Waals surface area contributed by atoms with Gasteiger partial charge in [-0.15, -0.1) is 5.10 Å². The molecule has 3 rings (SSSR count). The van der Waals surface area contributed by atoms with Crippen LogP contribution in [0, 0.1) is 21.4 Å². The number of rotatable bonds is 5. The molecule has 1 aliphatic rings. The number of hydrogen-bond donors (Lipinski definition) is 1. The Morgan fingerprint density at radius 3 is 2.54 bits per heavy atom. The van der Waals surface area contributed by atoms with Gasteiger partial charge in [0.15, 0.2) is 0 Å². The fourth-order valence-electron chi connectivity index (χ4n) is 2.26. The Morgan fingerprint density at radius 2 is 1.92 bits per heavy atom. The van der Waals surface area contributed by atoms with Crippen LogP contribution in [0.4, 0.5) is 11.4 Å². The molecule has 24 heavy (non-hydrogen) atoms. The lowest BCUT2D eigenvalue weighted by atomic mass is 10.1. The first-order chi connectivity index (χ1) is 11.6. The summed E-state index contributed by atoms with van der Waals surface area (Å²) in [4.78, 5) is 12.2. The fourth-order valence-corrected chi connectivity index (χ4v) is 2.26. The summed E-state index contributed by atoms with van der Waals surface area (Å²) in [5.41, 5.74) is 5.55. The Balaban J connectivity index is 1.54. The molecule has 0 saturated carbocycles. The molecule has 0 aromatic heterocycles. The van der Waals surface area contributed by atoms with E-state index in [0.29, 0.717) is 18.8 Å². The molecule has 0 bridgehead atoms. The van der Waals surface area contributed by atoms with Crippen molar-refractivity contribution < 1.29 is 4.92 Å². The van der Waals surface area contributed by atoms with Crippen LogP contribution < -0.4 is 5.43 Å². The lowest BCUT2D eigenvalue weighted by Crippen LogP contribution is -2.30. The van der Waals surface area contributed by atoms with Crippen LogP contribution in [-0.2, 0) is 6.54 Å². The maximum Gasteiger partial charge on any atom is 0.269 e. The largest absolute Gasteiger partial charge is 0.336 e. The van der Waals surface area contributed by atoms with E-state index in [1.807, 2.05) is 17.0 Å². The van der Waals surface area contributed by atoms with E-state index in [2.05, 4.69) is 16.6 Å². The molecule has 0 aliphatic carbocycles. The quantitative estimate of drug-likeness (QED) is 0.671. The van der Waals surface area contributed by atoms with E-state index < -0.39 is 4.92 Å². The number of non-ortho nitro benzene ring substituents is 1. The maximum absolute atomic E-state index is 10.6. The zero-order valence-electron chi connectivity index (χ0n) is 12.7. The molecule has 0 unspecified atom stereocenters. The summed E-state index contributed by atoms with van der Waals surface area (Å²) in [6.07, 6.45) is 1.72. The number of benzene rings is 2. The smallest absolute Gasteiger partial charge is 0.269 e. The van der Waals surface area contributed by atoms with Crippen molar-refractivity contribution in [2.24, 2.45) is 5.10 Å². The van der Waals surface area contributed by atoms with Gasteiger partial charge in [-0.2, -0.15) is 10.4 Å². The first-order valence-electron chi connectivity index (χ1n) is 7.20. The third-order valence-electron chi connectivity index (χ3n) is 3.47. The summed E-state index contributed by atoms with van der Waals surface area (Å²) in [6, 6.07) is 15.7. The Labute approximate surface area is 138 Å².